The highest BCUT2D eigenvalue weighted by Crippen LogP contribution is 2.43. The molecule has 72 heavy (non-hydrogen) atoms. The molecule has 418 valence electrons. The average molecular weight is 1030 g/mol. The molecule has 0 spiro atoms. The van der Waals surface area contributed by atoms with Crippen LogP contribution in [0.4, 0.5) is 0 Å². The van der Waals surface area contributed by atoms with E-state index in [1.165, 1.54) is 116 Å². The van der Waals surface area contributed by atoms with Crippen molar-refractivity contribution in [3.63, 3.8) is 0 Å². The molecule has 0 radical (unpaired) electrons. The smallest absolute Gasteiger partial charge is 0.456 e. The lowest BCUT2D eigenvalue weighted by molar-refractivity contribution is -0.870. The molecular weight excluding hydrogens is 916 g/mol. The molecule has 0 bridgehead atoms. The van der Waals surface area contributed by atoms with Crippen LogP contribution in [0.2, 0.25) is 0 Å². The van der Waals surface area contributed by atoms with Crippen LogP contribution in [0.1, 0.15) is 258 Å². The zero-order valence-corrected chi connectivity index (χ0v) is 48.6. The van der Waals surface area contributed by atoms with Crippen LogP contribution in [-0.4, -0.2) is 74.3 Å². The normalized spacial score (nSPS) is 14.3. The number of esters is 1. The molecule has 0 aromatic rings. The van der Waals surface area contributed by atoms with Crippen molar-refractivity contribution in [2.75, 3.05) is 40.9 Å². The molecule has 0 aromatic carbocycles. The number of carbonyl (C=O) groups is 2. The van der Waals surface area contributed by atoms with Crippen molar-refractivity contribution < 1.29 is 37.3 Å². The maximum atomic E-state index is 13.5. The first-order valence-electron chi connectivity index (χ1n) is 29.8. The van der Waals surface area contributed by atoms with Crippen LogP contribution >= 0.6 is 7.82 Å². The molecule has 9 nitrogen and oxygen atoms in total. The second-order valence-corrected chi connectivity index (χ2v) is 22.6. The Bertz CT molecular complexity index is 1460. The summed E-state index contributed by atoms with van der Waals surface area (Å²) < 4.78 is 30.6. The quantitative estimate of drug-likeness (QED) is 0.0205. The number of phosphoric acid groups is 1. The van der Waals surface area contributed by atoms with E-state index in [2.05, 4.69) is 86.8 Å². The molecule has 0 saturated carbocycles. The van der Waals surface area contributed by atoms with Crippen LogP contribution in [-0.2, 0) is 27.9 Å². The second kappa shape index (κ2) is 51.9. The van der Waals surface area contributed by atoms with Crippen molar-refractivity contribution in [2.24, 2.45) is 0 Å². The topological polar surface area (TPSA) is 111 Å². The van der Waals surface area contributed by atoms with Gasteiger partial charge in [-0.15, -0.1) is 0 Å². The van der Waals surface area contributed by atoms with Crippen molar-refractivity contribution in [3.8, 4) is 0 Å². The summed E-state index contributed by atoms with van der Waals surface area (Å²) in [5.41, 5.74) is 0. The SMILES string of the molecule is CC/C=C\C/C=C\C/C=C\C/C=C\C/C=C\CCCCCCCC(=O)NC(COP(=O)(O)OCC[N+](C)(C)C)C(/C=C\CCCCCCCCCCCC)OC(=O)CCCCCCCCCCCCCCC. The highest BCUT2D eigenvalue weighted by Gasteiger charge is 2.30. The number of hydrogen-bond acceptors (Lipinski definition) is 6. The van der Waals surface area contributed by atoms with E-state index in [-0.39, 0.29) is 31.5 Å². The van der Waals surface area contributed by atoms with Crippen LogP contribution in [0.5, 0.6) is 0 Å². The number of hydrogen-bond donors (Lipinski definition) is 2. The van der Waals surface area contributed by atoms with E-state index in [1.807, 2.05) is 33.3 Å². The highest BCUT2D eigenvalue weighted by atomic mass is 31.2. The maximum Gasteiger partial charge on any atom is 0.472 e. The van der Waals surface area contributed by atoms with Crippen LogP contribution < -0.4 is 5.32 Å². The molecule has 0 rings (SSSR count). The number of nitrogens with zero attached hydrogens (tertiary/aromatic N) is 1. The van der Waals surface area contributed by atoms with Gasteiger partial charge in [-0.1, -0.05) is 242 Å². The fraction of sp³-hybridized carbons (Fsp3) is 0.774. The average Bonchev–Trinajstić information content (AvgIpc) is 3.34. The van der Waals surface area contributed by atoms with Gasteiger partial charge in [0.1, 0.15) is 19.3 Å². The molecule has 0 aliphatic heterocycles. The molecule has 10 heteroatoms. The van der Waals surface area contributed by atoms with E-state index in [0.717, 1.165) is 109 Å². The van der Waals surface area contributed by atoms with E-state index in [0.29, 0.717) is 17.4 Å². The van der Waals surface area contributed by atoms with Gasteiger partial charge in [0.25, 0.3) is 0 Å². The summed E-state index contributed by atoms with van der Waals surface area (Å²) in [4.78, 5) is 37.6. The first-order chi connectivity index (χ1) is 34.9. The third-order valence-corrected chi connectivity index (χ3v) is 13.9. The van der Waals surface area contributed by atoms with Gasteiger partial charge in [-0.05, 0) is 76.7 Å². The Morgan fingerprint density at radius 2 is 0.889 bits per heavy atom. The molecule has 0 aromatic heterocycles. The van der Waals surface area contributed by atoms with Gasteiger partial charge in [-0.3, -0.25) is 18.6 Å². The van der Waals surface area contributed by atoms with Crippen molar-refractivity contribution >= 4 is 19.7 Å². The largest absolute Gasteiger partial charge is 0.472 e. The Balaban J connectivity index is 5.30. The molecule has 3 atom stereocenters. The molecule has 1 amide bonds. The zero-order valence-electron chi connectivity index (χ0n) is 47.7. The molecule has 0 aliphatic rings. The first kappa shape index (κ1) is 69.5. The van der Waals surface area contributed by atoms with Gasteiger partial charge in [-0.2, -0.15) is 0 Å². The molecule has 3 unspecified atom stereocenters. The maximum absolute atomic E-state index is 13.5. The summed E-state index contributed by atoms with van der Waals surface area (Å²) >= 11 is 0. The number of nitrogens with one attached hydrogen (secondary N) is 1. The monoisotopic (exact) mass is 1030 g/mol. The molecule has 0 fully saturated rings. The molecule has 2 N–H and O–H groups in total. The fourth-order valence-corrected chi connectivity index (χ4v) is 9.06. The van der Waals surface area contributed by atoms with E-state index in [1.54, 1.807) is 0 Å². The molecular formula is C62H114N2O7P+. The van der Waals surface area contributed by atoms with Gasteiger partial charge < -0.3 is 19.4 Å². The lowest BCUT2D eigenvalue weighted by atomic mass is 10.0. The van der Waals surface area contributed by atoms with Crippen molar-refractivity contribution in [3.05, 3.63) is 72.9 Å². The fourth-order valence-electron chi connectivity index (χ4n) is 8.32. The number of amides is 1. The molecule has 0 aliphatic carbocycles. The summed E-state index contributed by atoms with van der Waals surface area (Å²) in [5.74, 6) is -0.524. The van der Waals surface area contributed by atoms with Gasteiger partial charge >= 0.3 is 13.8 Å². The lowest BCUT2D eigenvalue weighted by Gasteiger charge is -2.27. The number of unbranched alkanes of at least 4 members (excludes halogenated alkanes) is 27. The van der Waals surface area contributed by atoms with E-state index < -0.39 is 20.0 Å². The van der Waals surface area contributed by atoms with Crippen LogP contribution in [0.15, 0.2) is 72.9 Å². The van der Waals surface area contributed by atoms with E-state index in [9.17, 15) is 19.0 Å². The van der Waals surface area contributed by atoms with Crippen LogP contribution in [0.25, 0.3) is 0 Å². The number of ether oxygens (including phenoxy) is 1. The summed E-state index contributed by atoms with van der Waals surface area (Å²) in [6.07, 6.45) is 66.0. The van der Waals surface area contributed by atoms with Gasteiger partial charge in [0, 0.05) is 12.8 Å². The molecule has 0 saturated heterocycles. The number of likely N-dealkylation sites (N-methyl/N-ethyl adjacent to an activating group) is 1. The van der Waals surface area contributed by atoms with Gasteiger partial charge in [0.15, 0.2) is 0 Å². The Hall–Kier alpha value is -2.55. The van der Waals surface area contributed by atoms with Crippen LogP contribution in [0.3, 0.4) is 0 Å². The summed E-state index contributed by atoms with van der Waals surface area (Å²) in [5, 5.41) is 3.04. The van der Waals surface area contributed by atoms with Gasteiger partial charge in [0.05, 0.1) is 33.8 Å². The Morgan fingerprint density at radius 1 is 0.500 bits per heavy atom. The number of rotatable bonds is 53. The number of phosphoric ester groups is 1. The molecule has 0 heterocycles. The highest BCUT2D eigenvalue weighted by molar-refractivity contribution is 7.47. The minimum absolute atomic E-state index is 0.0346. The predicted molar refractivity (Wildman–Crippen MR) is 309 cm³/mol. The minimum Gasteiger partial charge on any atom is -0.456 e. The summed E-state index contributed by atoms with van der Waals surface area (Å²) in [7, 11) is 1.48. The van der Waals surface area contributed by atoms with Gasteiger partial charge in [-0.25, -0.2) is 4.57 Å². The Kier molecular flexibility index (Phi) is 50.1. The predicted octanol–water partition coefficient (Wildman–Crippen LogP) is 18.1. The van der Waals surface area contributed by atoms with E-state index >= 15 is 0 Å². The summed E-state index contributed by atoms with van der Waals surface area (Å²) in [6, 6.07) is -0.858. The zero-order chi connectivity index (χ0) is 52.9. The number of allylic oxidation sites excluding steroid dienone is 11. The third kappa shape index (κ3) is 52.3. The lowest BCUT2D eigenvalue weighted by Crippen LogP contribution is -2.47. The van der Waals surface area contributed by atoms with E-state index in [4.69, 9.17) is 13.8 Å². The van der Waals surface area contributed by atoms with Crippen LogP contribution in [0, 0.1) is 0 Å². The van der Waals surface area contributed by atoms with Crippen molar-refractivity contribution in [1.29, 1.82) is 0 Å². The number of quaternary nitrogens is 1. The van der Waals surface area contributed by atoms with Gasteiger partial charge in [0.2, 0.25) is 5.91 Å². The summed E-state index contributed by atoms with van der Waals surface area (Å²) in [6.45, 7) is 6.88. The standard InChI is InChI=1S/C62H113N2O7P/c1-7-10-13-16-19-22-25-28-29-30-31-32-33-34-35-37-39-42-45-48-51-54-61(65)63-59(58-70-72(67,68)69-57-56-64(4,5)6)60(53-50-47-44-41-38-27-24-21-18-15-12-9-3)71-62(66)55-52-49-46-43-40-36-26-23-20-17-14-11-8-2/h10,13,19,22,28-29,31-32,34-35,50,53,59-60H,7-9,11-12,14-18,20-21,23-27,30,33,36-49,51-52,54-58H2,1-6H3,(H-,63,65,67,68)/p+1/b13-10-,22-19-,29-28-,32-31-,35-34-,53-50-. The number of carbonyl (C=O) groups excluding carboxylic acids is 2. The third-order valence-electron chi connectivity index (χ3n) is 12.9. The Labute approximate surface area is 444 Å². The van der Waals surface area contributed by atoms with Crippen molar-refractivity contribution in [1.82, 2.24) is 5.32 Å². The second-order valence-electron chi connectivity index (χ2n) is 21.1. The first-order valence-corrected chi connectivity index (χ1v) is 31.3. The minimum atomic E-state index is -4.45. The Morgan fingerprint density at radius 3 is 1.33 bits per heavy atom. The van der Waals surface area contributed by atoms with Crippen molar-refractivity contribution in [2.45, 2.75) is 270 Å².